The van der Waals surface area contributed by atoms with Crippen LogP contribution in [0.2, 0.25) is 0 Å². The number of carbonyl (C=O) groups is 1. The number of nitrogens with zero attached hydrogens (tertiary/aromatic N) is 2. The molecule has 0 spiro atoms. The minimum absolute atomic E-state index is 0.281. The van der Waals surface area contributed by atoms with Crippen LogP contribution in [-0.4, -0.2) is 21.9 Å². The molecule has 70 valence electrons. The maximum absolute atomic E-state index is 11.1. The van der Waals surface area contributed by atoms with Gasteiger partial charge in [0.15, 0.2) is 5.82 Å². The molecule has 0 fully saturated rings. The molecule has 1 rings (SSSR count). The van der Waals surface area contributed by atoms with Crippen molar-refractivity contribution in [3.8, 4) is 0 Å². The van der Waals surface area contributed by atoms with Crippen LogP contribution in [0.15, 0.2) is 17.0 Å². The Morgan fingerprint density at radius 2 is 2.31 bits per heavy atom. The summed E-state index contributed by atoms with van der Waals surface area (Å²) in [7, 11) is 0. The van der Waals surface area contributed by atoms with Gasteiger partial charge in [-0.25, -0.2) is 9.97 Å². The normalized spacial score (nSPS) is 12.2. The van der Waals surface area contributed by atoms with Crippen molar-refractivity contribution >= 4 is 27.7 Å². The first-order valence-electron chi connectivity index (χ1n) is 3.63. The molecule has 1 aromatic heterocycles. The van der Waals surface area contributed by atoms with E-state index in [1.54, 1.807) is 6.92 Å². The fourth-order valence-corrected chi connectivity index (χ4v) is 0.822. The summed E-state index contributed by atoms with van der Waals surface area (Å²) in [5.74, 6) is 0.113. The SMILES string of the molecule is C[C@@H](N)C(=O)Nc1cnc(Br)cn1. The van der Waals surface area contributed by atoms with Gasteiger partial charge in [0.05, 0.1) is 18.4 Å². The van der Waals surface area contributed by atoms with E-state index in [9.17, 15) is 4.79 Å². The number of carbonyl (C=O) groups excluding carboxylic acids is 1. The topological polar surface area (TPSA) is 80.9 Å². The van der Waals surface area contributed by atoms with Crippen LogP contribution in [0, 0.1) is 0 Å². The number of rotatable bonds is 2. The van der Waals surface area contributed by atoms with Crippen LogP contribution in [0.5, 0.6) is 0 Å². The second kappa shape index (κ2) is 4.29. The molecule has 1 amide bonds. The van der Waals surface area contributed by atoms with E-state index in [1.165, 1.54) is 12.4 Å². The van der Waals surface area contributed by atoms with Gasteiger partial charge < -0.3 is 11.1 Å². The number of nitrogens with one attached hydrogen (secondary N) is 1. The van der Waals surface area contributed by atoms with Gasteiger partial charge in [0, 0.05) is 0 Å². The smallest absolute Gasteiger partial charge is 0.242 e. The molecule has 1 heterocycles. The molecule has 0 unspecified atom stereocenters. The number of hydrogen-bond acceptors (Lipinski definition) is 4. The predicted molar refractivity (Wildman–Crippen MR) is 52.0 cm³/mol. The van der Waals surface area contributed by atoms with Crippen molar-refractivity contribution in [3.05, 3.63) is 17.0 Å². The van der Waals surface area contributed by atoms with E-state index >= 15 is 0 Å². The summed E-state index contributed by atoms with van der Waals surface area (Å²) in [6.07, 6.45) is 2.95. The molecule has 0 saturated carbocycles. The summed E-state index contributed by atoms with van der Waals surface area (Å²) >= 11 is 3.13. The first kappa shape index (κ1) is 10.1. The molecule has 1 aromatic rings. The molecule has 0 radical (unpaired) electrons. The average Bonchev–Trinajstić information content (AvgIpc) is 2.08. The lowest BCUT2D eigenvalue weighted by atomic mass is 10.3. The van der Waals surface area contributed by atoms with Crippen molar-refractivity contribution in [1.29, 1.82) is 0 Å². The second-order valence-corrected chi connectivity index (χ2v) is 3.31. The molecule has 6 heteroatoms. The number of amides is 1. The zero-order valence-corrected chi connectivity index (χ0v) is 8.58. The summed E-state index contributed by atoms with van der Waals surface area (Å²) in [5.41, 5.74) is 5.34. The van der Waals surface area contributed by atoms with Gasteiger partial charge in [0.1, 0.15) is 4.60 Å². The Balaban J connectivity index is 2.65. The van der Waals surface area contributed by atoms with E-state index in [4.69, 9.17) is 5.73 Å². The highest BCUT2D eigenvalue weighted by Gasteiger charge is 2.07. The molecule has 0 bridgehead atoms. The summed E-state index contributed by atoms with van der Waals surface area (Å²) in [6, 6.07) is -0.551. The lowest BCUT2D eigenvalue weighted by Crippen LogP contribution is -2.32. The van der Waals surface area contributed by atoms with Crippen molar-refractivity contribution in [2.24, 2.45) is 5.73 Å². The molecule has 0 aromatic carbocycles. The Morgan fingerprint density at radius 3 is 2.77 bits per heavy atom. The van der Waals surface area contributed by atoms with E-state index in [0.29, 0.717) is 10.4 Å². The Bertz CT molecular complexity index is 298. The Kier molecular flexibility index (Phi) is 3.32. The monoisotopic (exact) mass is 244 g/mol. The van der Waals surface area contributed by atoms with Crippen molar-refractivity contribution in [3.63, 3.8) is 0 Å². The summed E-state index contributed by atoms with van der Waals surface area (Å²) in [4.78, 5) is 18.9. The van der Waals surface area contributed by atoms with Crippen LogP contribution in [0.25, 0.3) is 0 Å². The average molecular weight is 245 g/mol. The Hall–Kier alpha value is -1.01. The molecule has 5 nitrogen and oxygen atoms in total. The molecule has 1 atom stereocenters. The van der Waals surface area contributed by atoms with Crippen LogP contribution < -0.4 is 11.1 Å². The maximum Gasteiger partial charge on any atom is 0.242 e. The Morgan fingerprint density at radius 1 is 1.62 bits per heavy atom. The van der Waals surface area contributed by atoms with Crippen LogP contribution in [0.3, 0.4) is 0 Å². The van der Waals surface area contributed by atoms with Crippen molar-refractivity contribution < 1.29 is 4.79 Å². The van der Waals surface area contributed by atoms with Crippen molar-refractivity contribution in [2.75, 3.05) is 5.32 Å². The third-order valence-corrected chi connectivity index (χ3v) is 1.69. The van der Waals surface area contributed by atoms with Crippen LogP contribution in [0.1, 0.15) is 6.92 Å². The number of hydrogen-bond donors (Lipinski definition) is 2. The molecule has 0 aliphatic carbocycles. The lowest BCUT2D eigenvalue weighted by molar-refractivity contribution is -0.117. The van der Waals surface area contributed by atoms with Gasteiger partial charge in [0.25, 0.3) is 0 Å². The molecule has 0 saturated heterocycles. The van der Waals surface area contributed by atoms with Crippen LogP contribution in [0.4, 0.5) is 5.82 Å². The van der Waals surface area contributed by atoms with Crippen molar-refractivity contribution in [2.45, 2.75) is 13.0 Å². The standard InChI is InChI=1S/C7H9BrN4O/c1-4(9)7(13)12-6-3-10-5(8)2-11-6/h2-4H,9H2,1H3,(H,11,12,13)/t4-/m1/s1. The van der Waals surface area contributed by atoms with E-state index in [-0.39, 0.29) is 5.91 Å². The van der Waals surface area contributed by atoms with E-state index in [2.05, 4.69) is 31.2 Å². The lowest BCUT2D eigenvalue weighted by Gasteiger charge is -2.05. The van der Waals surface area contributed by atoms with Crippen LogP contribution in [-0.2, 0) is 4.79 Å². The number of halogens is 1. The summed E-state index contributed by atoms with van der Waals surface area (Å²) < 4.78 is 0.617. The zero-order chi connectivity index (χ0) is 9.84. The molecule has 13 heavy (non-hydrogen) atoms. The third kappa shape index (κ3) is 3.08. The third-order valence-electron chi connectivity index (χ3n) is 1.29. The predicted octanol–water partition coefficient (Wildman–Crippen LogP) is 0.525. The second-order valence-electron chi connectivity index (χ2n) is 2.50. The first-order valence-corrected chi connectivity index (χ1v) is 4.43. The first-order chi connectivity index (χ1) is 6.09. The fourth-order valence-electron chi connectivity index (χ4n) is 0.617. The van der Waals surface area contributed by atoms with E-state index in [1.807, 2.05) is 0 Å². The zero-order valence-electron chi connectivity index (χ0n) is 6.99. The van der Waals surface area contributed by atoms with Crippen molar-refractivity contribution in [1.82, 2.24) is 9.97 Å². The van der Waals surface area contributed by atoms with Gasteiger partial charge in [-0.1, -0.05) is 0 Å². The van der Waals surface area contributed by atoms with Gasteiger partial charge in [-0.3, -0.25) is 4.79 Å². The fraction of sp³-hybridized carbons (Fsp3) is 0.286. The summed E-state index contributed by atoms with van der Waals surface area (Å²) in [6.45, 7) is 1.60. The van der Waals surface area contributed by atoms with E-state index in [0.717, 1.165) is 0 Å². The van der Waals surface area contributed by atoms with Gasteiger partial charge in [0.2, 0.25) is 5.91 Å². The minimum Gasteiger partial charge on any atom is -0.320 e. The minimum atomic E-state index is -0.551. The molecule has 0 aliphatic heterocycles. The molecule has 0 aliphatic rings. The quantitative estimate of drug-likeness (QED) is 0.796. The Labute approximate surface area is 83.9 Å². The molecular weight excluding hydrogens is 236 g/mol. The van der Waals surface area contributed by atoms with Gasteiger partial charge in [-0.2, -0.15) is 0 Å². The van der Waals surface area contributed by atoms with Gasteiger partial charge >= 0.3 is 0 Å². The molecular formula is C7H9BrN4O. The number of anilines is 1. The number of nitrogens with two attached hydrogens (primary N) is 1. The van der Waals surface area contributed by atoms with Gasteiger partial charge in [-0.05, 0) is 22.9 Å². The molecule has 3 N–H and O–H groups in total. The largest absolute Gasteiger partial charge is 0.320 e. The highest BCUT2D eigenvalue weighted by Crippen LogP contribution is 2.05. The van der Waals surface area contributed by atoms with Crippen LogP contribution >= 0.6 is 15.9 Å². The van der Waals surface area contributed by atoms with E-state index < -0.39 is 6.04 Å². The highest BCUT2D eigenvalue weighted by atomic mass is 79.9. The number of aromatic nitrogens is 2. The highest BCUT2D eigenvalue weighted by molar-refractivity contribution is 9.10. The van der Waals surface area contributed by atoms with Gasteiger partial charge in [-0.15, -0.1) is 0 Å². The summed E-state index contributed by atoms with van der Waals surface area (Å²) in [5, 5.41) is 2.51. The maximum atomic E-state index is 11.1.